The van der Waals surface area contributed by atoms with E-state index in [0.717, 1.165) is 11.3 Å². The fourth-order valence-electron chi connectivity index (χ4n) is 2.03. The SMILES string of the molecule is CCN(Cc1ccc(OC)cc1)C(=O)Cn1ccc(N)n1. The summed E-state index contributed by atoms with van der Waals surface area (Å²) in [5, 5.41) is 4.03. The number of amides is 1. The Bertz CT molecular complexity index is 592. The molecular formula is C15H20N4O2. The van der Waals surface area contributed by atoms with Crippen molar-refractivity contribution in [1.29, 1.82) is 0 Å². The van der Waals surface area contributed by atoms with Gasteiger partial charge in [0.15, 0.2) is 0 Å². The molecule has 0 spiro atoms. The predicted molar refractivity (Wildman–Crippen MR) is 80.7 cm³/mol. The van der Waals surface area contributed by atoms with Gasteiger partial charge in [-0.2, -0.15) is 5.10 Å². The smallest absolute Gasteiger partial charge is 0.244 e. The van der Waals surface area contributed by atoms with Crippen LogP contribution in [0.1, 0.15) is 12.5 Å². The van der Waals surface area contributed by atoms with Gasteiger partial charge in [-0.15, -0.1) is 0 Å². The molecule has 1 heterocycles. The molecule has 1 amide bonds. The van der Waals surface area contributed by atoms with Crippen molar-refractivity contribution in [3.63, 3.8) is 0 Å². The van der Waals surface area contributed by atoms with E-state index in [1.807, 2.05) is 31.2 Å². The van der Waals surface area contributed by atoms with E-state index in [1.165, 1.54) is 0 Å². The second-order valence-corrected chi connectivity index (χ2v) is 4.69. The number of hydrogen-bond donors (Lipinski definition) is 1. The monoisotopic (exact) mass is 288 g/mol. The zero-order chi connectivity index (χ0) is 15.2. The van der Waals surface area contributed by atoms with Crippen LogP contribution < -0.4 is 10.5 Å². The number of methoxy groups -OCH3 is 1. The van der Waals surface area contributed by atoms with Gasteiger partial charge in [0.25, 0.3) is 0 Å². The van der Waals surface area contributed by atoms with E-state index < -0.39 is 0 Å². The van der Waals surface area contributed by atoms with Crippen LogP contribution in [0.25, 0.3) is 0 Å². The molecule has 2 aromatic rings. The van der Waals surface area contributed by atoms with E-state index in [2.05, 4.69) is 5.10 Å². The van der Waals surface area contributed by atoms with Gasteiger partial charge in [0.05, 0.1) is 7.11 Å². The van der Waals surface area contributed by atoms with Crippen LogP contribution in [0.3, 0.4) is 0 Å². The third-order valence-corrected chi connectivity index (χ3v) is 3.23. The predicted octanol–water partition coefficient (Wildman–Crippen LogP) is 1.52. The largest absolute Gasteiger partial charge is 0.497 e. The number of nitrogens with zero attached hydrogens (tertiary/aromatic N) is 3. The van der Waals surface area contributed by atoms with Crippen molar-refractivity contribution in [2.45, 2.75) is 20.0 Å². The molecular weight excluding hydrogens is 268 g/mol. The van der Waals surface area contributed by atoms with Gasteiger partial charge in [-0.05, 0) is 30.7 Å². The number of nitrogen functional groups attached to an aromatic ring is 1. The van der Waals surface area contributed by atoms with Crippen molar-refractivity contribution >= 4 is 11.7 Å². The summed E-state index contributed by atoms with van der Waals surface area (Å²) < 4.78 is 6.68. The number of likely N-dealkylation sites (N-methyl/N-ethyl adjacent to an activating group) is 1. The highest BCUT2D eigenvalue weighted by Gasteiger charge is 2.13. The highest BCUT2D eigenvalue weighted by atomic mass is 16.5. The van der Waals surface area contributed by atoms with Crippen molar-refractivity contribution in [1.82, 2.24) is 14.7 Å². The van der Waals surface area contributed by atoms with Crippen molar-refractivity contribution < 1.29 is 9.53 Å². The molecule has 0 unspecified atom stereocenters. The van der Waals surface area contributed by atoms with Crippen LogP contribution in [0.5, 0.6) is 5.75 Å². The Hall–Kier alpha value is -2.50. The van der Waals surface area contributed by atoms with E-state index >= 15 is 0 Å². The summed E-state index contributed by atoms with van der Waals surface area (Å²) in [4.78, 5) is 14.1. The number of carbonyl (C=O) groups excluding carboxylic acids is 1. The molecule has 0 aliphatic heterocycles. The topological polar surface area (TPSA) is 73.4 Å². The summed E-state index contributed by atoms with van der Waals surface area (Å²) >= 11 is 0. The van der Waals surface area contributed by atoms with Crippen molar-refractivity contribution in [3.05, 3.63) is 42.1 Å². The van der Waals surface area contributed by atoms with E-state index in [1.54, 1.807) is 29.0 Å². The maximum absolute atomic E-state index is 12.3. The fraction of sp³-hybridized carbons (Fsp3) is 0.333. The molecule has 0 saturated heterocycles. The molecule has 0 fully saturated rings. The van der Waals surface area contributed by atoms with Gasteiger partial charge in [-0.3, -0.25) is 9.48 Å². The molecule has 2 rings (SSSR count). The first-order valence-corrected chi connectivity index (χ1v) is 6.82. The number of ether oxygens (including phenoxy) is 1. The lowest BCUT2D eigenvalue weighted by molar-refractivity contribution is -0.132. The summed E-state index contributed by atoms with van der Waals surface area (Å²) in [5.74, 6) is 1.23. The second-order valence-electron chi connectivity index (χ2n) is 4.69. The van der Waals surface area contributed by atoms with Crippen molar-refractivity contribution in [3.8, 4) is 5.75 Å². The fourth-order valence-corrected chi connectivity index (χ4v) is 2.03. The Morgan fingerprint density at radius 2 is 2.05 bits per heavy atom. The summed E-state index contributed by atoms with van der Waals surface area (Å²) in [6, 6.07) is 9.37. The third kappa shape index (κ3) is 3.98. The minimum atomic E-state index is 0.0106. The van der Waals surface area contributed by atoms with Crippen LogP contribution in [-0.2, 0) is 17.9 Å². The van der Waals surface area contributed by atoms with E-state index in [-0.39, 0.29) is 12.5 Å². The third-order valence-electron chi connectivity index (χ3n) is 3.23. The van der Waals surface area contributed by atoms with E-state index in [0.29, 0.717) is 18.9 Å². The van der Waals surface area contributed by atoms with Crippen LogP contribution in [0.4, 0.5) is 5.82 Å². The summed E-state index contributed by atoms with van der Waals surface area (Å²) in [5.41, 5.74) is 6.61. The van der Waals surface area contributed by atoms with Crippen LogP contribution in [0.2, 0.25) is 0 Å². The van der Waals surface area contributed by atoms with Gasteiger partial charge in [-0.1, -0.05) is 12.1 Å². The second kappa shape index (κ2) is 6.78. The quantitative estimate of drug-likeness (QED) is 0.874. The number of benzene rings is 1. The van der Waals surface area contributed by atoms with Crippen LogP contribution >= 0.6 is 0 Å². The average Bonchev–Trinajstić information content (AvgIpc) is 2.90. The summed E-state index contributed by atoms with van der Waals surface area (Å²) in [6.45, 7) is 3.36. The zero-order valence-corrected chi connectivity index (χ0v) is 12.3. The van der Waals surface area contributed by atoms with Gasteiger partial charge >= 0.3 is 0 Å². The molecule has 0 aliphatic carbocycles. The molecule has 112 valence electrons. The molecule has 0 saturated carbocycles. The molecule has 6 heteroatoms. The first kappa shape index (κ1) is 14.9. The highest BCUT2D eigenvalue weighted by Crippen LogP contribution is 2.13. The first-order valence-electron chi connectivity index (χ1n) is 6.82. The van der Waals surface area contributed by atoms with Crippen molar-refractivity contribution in [2.75, 3.05) is 19.4 Å². The molecule has 0 bridgehead atoms. The standard InChI is InChI=1S/C15H20N4O2/c1-3-18(10-12-4-6-13(21-2)7-5-12)15(20)11-19-9-8-14(16)17-19/h4-9H,3,10-11H2,1-2H3,(H2,16,17). The lowest BCUT2D eigenvalue weighted by atomic mass is 10.2. The van der Waals surface area contributed by atoms with Gasteiger partial charge in [-0.25, -0.2) is 0 Å². The van der Waals surface area contributed by atoms with Crippen LogP contribution in [0, 0.1) is 0 Å². The summed E-state index contributed by atoms with van der Waals surface area (Å²) in [6.07, 6.45) is 1.70. The number of anilines is 1. The molecule has 0 atom stereocenters. The highest BCUT2D eigenvalue weighted by molar-refractivity contribution is 5.75. The van der Waals surface area contributed by atoms with Crippen molar-refractivity contribution in [2.24, 2.45) is 0 Å². The zero-order valence-electron chi connectivity index (χ0n) is 12.3. The van der Waals surface area contributed by atoms with Gasteiger partial charge < -0.3 is 15.4 Å². The Labute approximate surface area is 124 Å². The Balaban J connectivity index is 1.99. The molecule has 6 nitrogen and oxygen atoms in total. The molecule has 1 aromatic heterocycles. The lowest BCUT2D eigenvalue weighted by Gasteiger charge is -2.21. The molecule has 0 aliphatic rings. The first-order chi connectivity index (χ1) is 10.1. The van der Waals surface area contributed by atoms with Gasteiger partial charge in [0.2, 0.25) is 5.91 Å². The lowest BCUT2D eigenvalue weighted by Crippen LogP contribution is -2.33. The Kier molecular flexibility index (Phi) is 4.81. The minimum absolute atomic E-state index is 0.0106. The molecule has 2 N–H and O–H groups in total. The normalized spacial score (nSPS) is 10.4. The van der Waals surface area contributed by atoms with Crippen LogP contribution in [0.15, 0.2) is 36.5 Å². The maximum atomic E-state index is 12.3. The number of carbonyl (C=O) groups is 1. The van der Waals surface area contributed by atoms with E-state index in [9.17, 15) is 4.79 Å². The summed E-state index contributed by atoms with van der Waals surface area (Å²) in [7, 11) is 1.63. The van der Waals surface area contributed by atoms with E-state index in [4.69, 9.17) is 10.5 Å². The molecule has 1 aromatic carbocycles. The maximum Gasteiger partial charge on any atom is 0.244 e. The van der Waals surface area contributed by atoms with Gasteiger partial charge in [0, 0.05) is 19.3 Å². The van der Waals surface area contributed by atoms with Gasteiger partial charge in [0.1, 0.15) is 18.1 Å². The number of hydrogen-bond acceptors (Lipinski definition) is 4. The average molecular weight is 288 g/mol. The number of aromatic nitrogens is 2. The minimum Gasteiger partial charge on any atom is -0.497 e. The Morgan fingerprint density at radius 1 is 1.33 bits per heavy atom. The Morgan fingerprint density at radius 3 is 2.57 bits per heavy atom. The number of rotatable bonds is 6. The molecule has 21 heavy (non-hydrogen) atoms. The van der Waals surface area contributed by atoms with Crippen LogP contribution in [-0.4, -0.2) is 34.2 Å². The molecule has 0 radical (unpaired) electrons. The number of nitrogens with two attached hydrogens (primary N) is 1.